The number of hydrogen-bond acceptors (Lipinski definition) is 2. The third-order valence-corrected chi connectivity index (χ3v) is 19.6. The van der Waals surface area contributed by atoms with Gasteiger partial charge < -0.3 is 9.80 Å². The fourth-order valence-electron chi connectivity index (χ4n) is 15.9. The summed E-state index contributed by atoms with van der Waals surface area (Å²) >= 11 is 0. The molecule has 4 aliphatic carbocycles. The molecule has 4 atom stereocenters. The van der Waals surface area contributed by atoms with Crippen molar-refractivity contribution in [1.82, 2.24) is 0 Å². The standard InChI is InChI=1S/C67H62N2/c1-43-37-47(41-59-61(43)68(49-21-9-7-10-22-49)65(5)35-19-17-33-63(59,65)3)45-29-31-53-54-32-30-46(40-58(54)67(57(53)39-45)55-27-15-13-25-51(55)52-26-14-16-28-56(52)67)48-38-44(2)62-60(42-48)64(4)34-18-20-36-66(64,6)69(62)50-23-11-8-12-24-50/h7-16,21-32,37-42H,17-20,33-36H2,1-6H3. The van der Waals surface area contributed by atoms with Crippen LogP contribution < -0.4 is 9.80 Å². The maximum atomic E-state index is 2.73. The molecule has 2 saturated carbocycles. The molecule has 0 amide bonds. The van der Waals surface area contributed by atoms with Crippen LogP contribution in [0.1, 0.15) is 124 Å². The lowest BCUT2D eigenvalue weighted by Crippen LogP contribution is -2.54. The van der Waals surface area contributed by atoms with Gasteiger partial charge in [-0.3, -0.25) is 0 Å². The van der Waals surface area contributed by atoms with E-state index in [1.165, 1.54) is 163 Å². The molecule has 0 saturated heterocycles. The number of benzene rings is 8. The van der Waals surface area contributed by atoms with Crippen LogP contribution in [-0.4, -0.2) is 11.1 Å². The lowest BCUT2D eigenvalue weighted by molar-refractivity contribution is 0.195. The van der Waals surface area contributed by atoms with Crippen molar-refractivity contribution in [3.63, 3.8) is 0 Å². The summed E-state index contributed by atoms with van der Waals surface area (Å²) in [5.41, 5.74) is 27.1. The SMILES string of the molecule is Cc1cc(-c2ccc3c(c2)C2(c4ccccc4-c4ccccc42)c2cc(-c4cc(C)c5c(c4)C4(C)CCCCC4(C)N5c4ccccc4)ccc2-3)cc2c1N(c1ccccc1)C1(C)CCCCC21C. The van der Waals surface area contributed by atoms with Gasteiger partial charge in [0.2, 0.25) is 0 Å². The first-order valence-electron chi connectivity index (χ1n) is 26.0. The second-order valence-electron chi connectivity index (χ2n) is 22.7. The molecule has 0 bridgehead atoms. The molecular weight excluding hydrogens is 833 g/mol. The molecular formula is C67H62N2. The maximum absolute atomic E-state index is 2.73. The van der Waals surface area contributed by atoms with E-state index in [0.717, 1.165) is 0 Å². The van der Waals surface area contributed by atoms with Crippen molar-refractivity contribution in [1.29, 1.82) is 0 Å². The van der Waals surface area contributed by atoms with Crippen LogP contribution in [0.3, 0.4) is 0 Å². The van der Waals surface area contributed by atoms with E-state index in [0.29, 0.717) is 0 Å². The first-order valence-corrected chi connectivity index (χ1v) is 26.0. The Morgan fingerprint density at radius 2 is 0.696 bits per heavy atom. The van der Waals surface area contributed by atoms with Crippen LogP contribution in [0.2, 0.25) is 0 Å². The summed E-state index contributed by atoms with van der Waals surface area (Å²) in [5, 5.41) is 0. The number of nitrogens with zero attached hydrogens (tertiary/aromatic N) is 2. The Balaban J connectivity index is 0.962. The molecule has 69 heavy (non-hydrogen) atoms. The van der Waals surface area contributed by atoms with Crippen molar-refractivity contribution in [3.05, 3.63) is 214 Å². The highest BCUT2D eigenvalue weighted by Gasteiger charge is 2.60. The number of aryl methyl sites for hydroxylation is 2. The van der Waals surface area contributed by atoms with E-state index < -0.39 is 5.41 Å². The lowest BCUT2D eigenvalue weighted by Gasteiger charge is -2.50. The summed E-state index contributed by atoms with van der Waals surface area (Å²) < 4.78 is 0. The van der Waals surface area contributed by atoms with Gasteiger partial charge >= 0.3 is 0 Å². The van der Waals surface area contributed by atoms with Gasteiger partial charge in [0.25, 0.3) is 0 Å². The van der Waals surface area contributed by atoms with Crippen LogP contribution in [0, 0.1) is 13.8 Å². The van der Waals surface area contributed by atoms with Crippen LogP contribution in [-0.2, 0) is 16.2 Å². The molecule has 2 aliphatic heterocycles. The summed E-state index contributed by atoms with van der Waals surface area (Å²) in [4.78, 5) is 5.46. The monoisotopic (exact) mass is 894 g/mol. The van der Waals surface area contributed by atoms with Gasteiger partial charge in [0, 0.05) is 33.6 Å². The Morgan fingerprint density at radius 1 is 0.333 bits per heavy atom. The fourth-order valence-corrected chi connectivity index (χ4v) is 15.9. The Bertz CT molecular complexity index is 3230. The molecule has 6 aliphatic rings. The van der Waals surface area contributed by atoms with Gasteiger partial charge in [0.05, 0.1) is 16.5 Å². The van der Waals surface area contributed by atoms with Crippen LogP contribution >= 0.6 is 0 Å². The van der Waals surface area contributed by atoms with Crippen molar-refractivity contribution >= 4 is 22.7 Å². The van der Waals surface area contributed by atoms with Gasteiger partial charge in [-0.2, -0.15) is 0 Å². The minimum absolute atomic E-state index is 0.00334. The first-order chi connectivity index (χ1) is 33.5. The minimum atomic E-state index is -0.461. The lowest BCUT2D eigenvalue weighted by atomic mass is 9.61. The molecule has 2 nitrogen and oxygen atoms in total. The fraction of sp³-hybridized carbons (Fsp3) is 0.284. The Morgan fingerprint density at radius 3 is 1.13 bits per heavy atom. The molecule has 2 heterocycles. The third kappa shape index (κ3) is 5.13. The summed E-state index contributed by atoms with van der Waals surface area (Å²) in [6, 6.07) is 66.2. The number of hydrogen-bond donors (Lipinski definition) is 0. The van der Waals surface area contributed by atoms with Crippen molar-refractivity contribution in [2.24, 2.45) is 0 Å². The van der Waals surface area contributed by atoms with E-state index in [1.54, 1.807) is 0 Å². The summed E-state index contributed by atoms with van der Waals surface area (Å²) in [6.07, 6.45) is 9.87. The van der Waals surface area contributed by atoms with E-state index in [2.05, 4.69) is 221 Å². The Labute approximate surface area is 409 Å². The van der Waals surface area contributed by atoms with Crippen LogP contribution in [0.25, 0.3) is 44.5 Å². The summed E-state index contributed by atoms with van der Waals surface area (Å²) in [7, 11) is 0. The maximum Gasteiger partial charge on any atom is 0.0725 e. The first kappa shape index (κ1) is 41.3. The van der Waals surface area contributed by atoms with Gasteiger partial charge in [-0.15, -0.1) is 0 Å². The van der Waals surface area contributed by atoms with Gasteiger partial charge in [0.1, 0.15) is 0 Å². The molecule has 2 heteroatoms. The average Bonchev–Trinajstić information content (AvgIpc) is 3.99. The van der Waals surface area contributed by atoms with Gasteiger partial charge in [0.15, 0.2) is 0 Å². The molecule has 8 aromatic rings. The predicted octanol–water partition coefficient (Wildman–Crippen LogP) is 17.5. The molecule has 1 spiro atoms. The largest absolute Gasteiger partial charge is 0.334 e. The number of para-hydroxylation sites is 2. The summed E-state index contributed by atoms with van der Waals surface area (Å²) in [5.74, 6) is 0. The van der Waals surface area contributed by atoms with Gasteiger partial charge in [-0.05, 0) is 203 Å². The van der Waals surface area contributed by atoms with Crippen LogP contribution in [0.4, 0.5) is 22.7 Å². The van der Waals surface area contributed by atoms with E-state index in [-0.39, 0.29) is 21.9 Å². The molecule has 4 unspecified atom stereocenters. The second-order valence-corrected chi connectivity index (χ2v) is 22.7. The molecule has 2 fully saturated rings. The highest BCUT2D eigenvalue weighted by atomic mass is 15.3. The van der Waals surface area contributed by atoms with Crippen molar-refractivity contribution < 1.29 is 0 Å². The van der Waals surface area contributed by atoms with Crippen molar-refractivity contribution in [3.8, 4) is 44.5 Å². The van der Waals surface area contributed by atoms with Crippen molar-refractivity contribution in [2.75, 3.05) is 9.80 Å². The second kappa shape index (κ2) is 14.2. The Kier molecular flexibility index (Phi) is 8.52. The number of anilines is 4. The molecule has 0 aromatic heterocycles. The Hall–Kier alpha value is -6.64. The number of fused-ring (bicyclic) bond motifs is 16. The average molecular weight is 895 g/mol. The van der Waals surface area contributed by atoms with Crippen LogP contribution in [0.5, 0.6) is 0 Å². The smallest absolute Gasteiger partial charge is 0.0725 e. The van der Waals surface area contributed by atoms with Crippen LogP contribution in [0.15, 0.2) is 170 Å². The highest BCUT2D eigenvalue weighted by Crippen LogP contribution is 2.66. The third-order valence-electron chi connectivity index (χ3n) is 19.6. The molecule has 0 N–H and O–H groups in total. The predicted molar refractivity (Wildman–Crippen MR) is 289 cm³/mol. The molecule has 340 valence electrons. The van der Waals surface area contributed by atoms with E-state index in [4.69, 9.17) is 0 Å². The van der Waals surface area contributed by atoms with Gasteiger partial charge in [-0.25, -0.2) is 0 Å². The van der Waals surface area contributed by atoms with Crippen molar-refractivity contribution in [2.45, 2.75) is 120 Å². The zero-order chi connectivity index (χ0) is 46.7. The van der Waals surface area contributed by atoms with E-state index >= 15 is 0 Å². The van der Waals surface area contributed by atoms with E-state index in [1.807, 2.05) is 0 Å². The normalized spacial score (nSPS) is 25.1. The molecule has 8 aromatic carbocycles. The summed E-state index contributed by atoms with van der Waals surface area (Å²) in [6.45, 7) is 15.0. The zero-order valence-corrected chi connectivity index (χ0v) is 41.2. The topological polar surface area (TPSA) is 6.48 Å². The van der Waals surface area contributed by atoms with Gasteiger partial charge in [-0.1, -0.05) is 149 Å². The molecule has 14 rings (SSSR count). The minimum Gasteiger partial charge on any atom is -0.334 e. The quantitative estimate of drug-likeness (QED) is 0.174. The number of rotatable bonds is 4. The molecule has 0 radical (unpaired) electrons. The zero-order valence-electron chi connectivity index (χ0n) is 41.2. The highest BCUT2D eigenvalue weighted by molar-refractivity contribution is 5.97. The van der Waals surface area contributed by atoms with E-state index in [9.17, 15) is 0 Å².